The average molecular weight is 459 g/mol. The topological polar surface area (TPSA) is 65.0 Å². The molecule has 33 heavy (non-hydrogen) atoms. The number of esters is 1. The van der Waals surface area contributed by atoms with Crippen LogP contribution in [0.15, 0.2) is 24.0 Å². The molecule has 0 aromatic rings. The number of fused-ring (bicyclic) bond motifs is 5. The van der Waals surface area contributed by atoms with Gasteiger partial charge in [0.15, 0.2) is 6.29 Å². The highest BCUT2D eigenvalue weighted by Crippen LogP contribution is 2.70. The van der Waals surface area contributed by atoms with Gasteiger partial charge in [-0.25, -0.2) is 0 Å². The Morgan fingerprint density at radius 3 is 2.67 bits per heavy atom. The molecule has 0 radical (unpaired) electrons. The predicted molar refractivity (Wildman–Crippen MR) is 126 cm³/mol. The molecule has 184 valence electrons. The van der Waals surface area contributed by atoms with Crippen LogP contribution >= 0.6 is 0 Å². The maximum Gasteiger partial charge on any atom is 0.304 e. The van der Waals surface area contributed by atoms with Crippen molar-refractivity contribution < 1.29 is 24.1 Å². The van der Waals surface area contributed by atoms with Crippen molar-refractivity contribution in [3.05, 3.63) is 24.0 Å². The number of aliphatic hydroxyl groups is 1. The Morgan fingerprint density at radius 2 is 1.94 bits per heavy atom. The first-order valence-corrected chi connectivity index (χ1v) is 13.2. The van der Waals surface area contributed by atoms with Crippen molar-refractivity contribution >= 4 is 5.97 Å². The van der Waals surface area contributed by atoms with Crippen molar-refractivity contribution in [1.29, 1.82) is 0 Å². The summed E-state index contributed by atoms with van der Waals surface area (Å²) in [5, 5.41) is 12.4. The van der Waals surface area contributed by atoms with Gasteiger partial charge in [0.05, 0.1) is 18.0 Å². The second kappa shape index (κ2) is 8.41. The quantitative estimate of drug-likeness (QED) is 0.444. The van der Waals surface area contributed by atoms with E-state index in [1.165, 1.54) is 18.9 Å². The molecule has 5 rings (SSSR count). The summed E-state index contributed by atoms with van der Waals surface area (Å²) in [6.45, 7) is 8.77. The maximum absolute atomic E-state index is 12.4. The van der Waals surface area contributed by atoms with Gasteiger partial charge in [0.1, 0.15) is 6.61 Å². The summed E-state index contributed by atoms with van der Waals surface area (Å²) in [6.07, 6.45) is 15.7. The van der Waals surface area contributed by atoms with E-state index in [2.05, 4.69) is 26.0 Å². The van der Waals surface area contributed by atoms with Gasteiger partial charge in [0, 0.05) is 12.3 Å². The maximum atomic E-state index is 12.4. The molecule has 9 atom stereocenters. The van der Waals surface area contributed by atoms with E-state index in [1.54, 1.807) is 0 Å². The molecule has 0 aromatic carbocycles. The number of hydrogen-bond acceptors (Lipinski definition) is 5. The van der Waals surface area contributed by atoms with Crippen molar-refractivity contribution in [2.45, 2.75) is 103 Å². The van der Waals surface area contributed by atoms with Crippen LogP contribution in [0.3, 0.4) is 0 Å². The smallest absolute Gasteiger partial charge is 0.304 e. The summed E-state index contributed by atoms with van der Waals surface area (Å²) in [7, 11) is 0. The fourth-order valence-corrected chi connectivity index (χ4v) is 9.00. The molecule has 5 aliphatic rings. The Balaban J connectivity index is 1.32. The van der Waals surface area contributed by atoms with Gasteiger partial charge in [0.25, 0.3) is 0 Å². The lowest BCUT2D eigenvalue weighted by molar-refractivity contribution is -0.221. The highest BCUT2D eigenvalue weighted by molar-refractivity contribution is 5.65. The van der Waals surface area contributed by atoms with Gasteiger partial charge < -0.3 is 19.3 Å². The number of rotatable bonds is 4. The zero-order valence-electron chi connectivity index (χ0n) is 20.8. The SMILES string of the molecule is CC(=O)OC(C)O[C@H]1CC[C@@]2(C)[C@H](CC[C@@H]3[C@@H]2CC[C@]2(C)[C@@H](C4=COCC=C4)CC[C@]32O)C1. The van der Waals surface area contributed by atoms with Crippen LogP contribution < -0.4 is 0 Å². The zero-order valence-corrected chi connectivity index (χ0v) is 20.8. The third-order valence-corrected chi connectivity index (χ3v) is 10.6. The molecule has 0 aromatic heterocycles. The van der Waals surface area contributed by atoms with Crippen LogP contribution in [0.1, 0.15) is 85.5 Å². The number of ether oxygens (including phenoxy) is 3. The molecule has 0 amide bonds. The van der Waals surface area contributed by atoms with Crippen LogP contribution in [0.5, 0.6) is 0 Å². The fourth-order valence-electron chi connectivity index (χ4n) is 9.00. The first kappa shape index (κ1) is 23.4. The van der Waals surface area contributed by atoms with E-state index in [4.69, 9.17) is 14.2 Å². The highest BCUT2D eigenvalue weighted by Gasteiger charge is 2.67. The molecular formula is C28H42O5. The molecule has 1 unspecified atom stereocenters. The minimum atomic E-state index is -0.585. The summed E-state index contributed by atoms with van der Waals surface area (Å²) in [5.74, 6) is 1.67. The van der Waals surface area contributed by atoms with E-state index in [-0.39, 0.29) is 22.9 Å². The van der Waals surface area contributed by atoms with Gasteiger partial charge in [-0.15, -0.1) is 0 Å². The van der Waals surface area contributed by atoms with Crippen LogP contribution in [-0.4, -0.2) is 35.7 Å². The van der Waals surface area contributed by atoms with Gasteiger partial charge in [-0.1, -0.05) is 19.9 Å². The second-order valence-electron chi connectivity index (χ2n) is 12.0. The fraction of sp³-hybridized carbons (Fsp3) is 0.821. The number of allylic oxidation sites excluding steroid dienone is 2. The Kier molecular flexibility index (Phi) is 5.96. The van der Waals surface area contributed by atoms with Gasteiger partial charge in [0.2, 0.25) is 0 Å². The van der Waals surface area contributed by atoms with Crippen molar-refractivity contribution in [1.82, 2.24) is 0 Å². The Labute approximate surface area is 198 Å². The molecule has 1 heterocycles. The lowest BCUT2D eigenvalue weighted by Crippen LogP contribution is -2.62. The third kappa shape index (κ3) is 3.69. The normalized spacial score (nSPS) is 47.4. The lowest BCUT2D eigenvalue weighted by atomic mass is 9.43. The molecule has 5 nitrogen and oxygen atoms in total. The summed E-state index contributed by atoms with van der Waals surface area (Å²) in [6, 6.07) is 0. The molecule has 0 spiro atoms. The minimum absolute atomic E-state index is 0.0754. The number of carbonyl (C=O) groups excluding carboxylic acids is 1. The number of carbonyl (C=O) groups is 1. The van der Waals surface area contributed by atoms with Crippen molar-refractivity contribution in [3.8, 4) is 0 Å². The van der Waals surface area contributed by atoms with Crippen LogP contribution in [0.2, 0.25) is 0 Å². The molecule has 1 N–H and O–H groups in total. The van der Waals surface area contributed by atoms with E-state index in [0.29, 0.717) is 30.3 Å². The third-order valence-electron chi connectivity index (χ3n) is 10.6. The molecule has 4 saturated carbocycles. The zero-order chi connectivity index (χ0) is 23.4. The molecule has 4 aliphatic carbocycles. The Bertz CT molecular complexity index is 834. The first-order valence-electron chi connectivity index (χ1n) is 13.2. The standard InChI is InChI=1S/C28H42O5/c1-18(29)32-19(2)33-22-9-12-26(3)21(16-22)7-8-25-24(26)10-13-27(4)23(11-14-28(25,27)30)20-6-5-15-31-17-20/h5-6,17,19,21-25,30H,7-16H2,1-4H3/t19?,21-,22+,23-,24+,25-,26+,27-,28+/m1/s1. The van der Waals surface area contributed by atoms with Crippen molar-refractivity contribution in [2.24, 2.45) is 34.5 Å². The van der Waals surface area contributed by atoms with Crippen LogP contribution in [0.4, 0.5) is 0 Å². The van der Waals surface area contributed by atoms with E-state index in [9.17, 15) is 9.90 Å². The van der Waals surface area contributed by atoms with Gasteiger partial charge >= 0.3 is 5.97 Å². The molecular weight excluding hydrogens is 416 g/mol. The predicted octanol–water partition coefficient (Wildman–Crippen LogP) is 5.52. The average Bonchev–Trinajstić information content (AvgIpc) is 3.05. The highest BCUT2D eigenvalue weighted by atomic mass is 16.7. The summed E-state index contributed by atoms with van der Waals surface area (Å²) < 4.78 is 17.0. The van der Waals surface area contributed by atoms with Crippen molar-refractivity contribution in [2.75, 3.05) is 6.61 Å². The van der Waals surface area contributed by atoms with Gasteiger partial charge in [-0.2, -0.15) is 0 Å². The number of hydrogen-bond donors (Lipinski definition) is 1. The molecule has 0 saturated heterocycles. The van der Waals surface area contributed by atoms with E-state index < -0.39 is 11.9 Å². The molecule has 4 fully saturated rings. The van der Waals surface area contributed by atoms with E-state index >= 15 is 0 Å². The van der Waals surface area contributed by atoms with E-state index in [0.717, 1.165) is 51.4 Å². The van der Waals surface area contributed by atoms with Crippen LogP contribution in [-0.2, 0) is 19.0 Å². The molecule has 1 aliphatic heterocycles. The monoisotopic (exact) mass is 458 g/mol. The van der Waals surface area contributed by atoms with Gasteiger partial charge in [-0.05, 0) is 105 Å². The summed E-state index contributed by atoms with van der Waals surface area (Å²) in [5.41, 5.74) is 0.874. The van der Waals surface area contributed by atoms with Crippen LogP contribution in [0, 0.1) is 34.5 Å². The Hall–Kier alpha value is -1.33. The summed E-state index contributed by atoms with van der Waals surface area (Å²) >= 11 is 0. The van der Waals surface area contributed by atoms with Crippen LogP contribution in [0.25, 0.3) is 0 Å². The Morgan fingerprint density at radius 1 is 1.12 bits per heavy atom. The minimum Gasteiger partial charge on any atom is -0.497 e. The summed E-state index contributed by atoms with van der Waals surface area (Å²) in [4.78, 5) is 11.3. The molecule has 5 heteroatoms. The van der Waals surface area contributed by atoms with Gasteiger partial charge in [-0.3, -0.25) is 4.79 Å². The lowest BCUT2D eigenvalue weighted by Gasteiger charge is -2.63. The molecule has 0 bridgehead atoms. The van der Waals surface area contributed by atoms with Crippen molar-refractivity contribution in [3.63, 3.8) is 0 Å². The second-order valence-corrected chi connectivity index (χ2v) is 12.0. The first-order chi connectivity index (χ1) is 15.7. The van der Waals surface area contributed by atoms with E-state index in [1.807, 2.05) is 13.2 Å². The largest absolute Gasteiger partial charge is 0.497 e.